The van der Waals surface area contributed by atoms with Gasteiger partial charge in [0, 0.05) is 17.5 Å². The van der Waals surface area contributed by atoms with Gasteiger partial charge < -0.3 is 10.6 Å². The van der Waals surface area contributed by atoms with Crippen LogP contribution < -0.4 is 16.0 Å². The first-order valence-electron chi connectivity index (χ1n) is 11.1. The number of halogens is 2. The van der Waals surface area contributed by atoms with Gasteiger partial charge in [0.05, 0.1) is 6.42 Å². The fourth-order valence-corrected chi connectivity index (χ4v) is 4.10. The molecule has 2 aromatic rings. The maximum atomic E-state index is 13.4. The lowest BCUT2D eigenvalue weighted by molar-refractivity contribution is -0.126. The molecule has 0 bridgehead atoms. The van der Waals surface area contributed by atoms with Gasteiger partial charge >= 0.3 is 0 Å². The van der Waals surface area contributed by atoms with E-state index >= 15 is 0 Å². The van der Waals surface area contributed by atoms with Crippen molar-refractivity contribution in [2.24, 2.45) is 0 Å². The largest absolute Gasteiger partial charge is 0.344 e. The van der Waals surface area contributed by atoms with Gasteiger partial charge in [0.2, 0.25) is 16.9 Å². The maximum absolute atomic E-state index is 13.4. The van der Waals surface area contributed by atoms with Crippen molar-refractivity contribution in [1.29, 1.82) is 0 Å². The predicted molar refractivity (Wildman–Crippen MR) is 126 cm³/mol. The van der Waals surface area contributed by atoms with Crippen LogP contribution in [-0.2, 0) is 21.4 Å². The molecule has 1 aromatic carbocycles. The fraction of sp³-hybridized carbons (Fsp3) is 0.565. The van der Waals surface area contributed by atoms with Crippen molar-refractivity contribution in [3.8, 4) is 0 Å². The predicted octanol–water partition coefficient (Wildman–Crippen LogP) is 3.95. The Labute approximate surface area is 197 Å². The SMILES string of the molecule is CCCC(NC(=O)Cc1cc(F)cc(F)c1)C(=O)Nc1nnc(C(C)(C)CCNC(C)C)s1. The van der Waals surface area contributed by atoms with Gasteiger partial charge in [-0.25, -0.2) is 8.78 Å². The first-order valence-corrected chi connectivity index (χ1v) is 11.9. The molecule has 0 saturated carbocycles. The summed E-state index contributed by atoms with van der Waals surface area (Å²) >= 11 is 1.31. The number of benzene rings is 1. The van der Waals surface area contributed by atoms with Crippen LogP contribution in [0, 0.1) is 11.6 Å². The quantitative estimate of drug-likeness (QED) is 0.427. The van der Waals surface area contributed by atoms with Crippen molar-refractivity contribution in [3.05, 3.63) is 40.4 Å². The standard InChI is InChI=1S/C23H33F2N5O2S/c1-6-7-18(27-19(31)12-15-10-16(24)13-17(25)11-15)20(32)28-22-30-29-21(33-22)23(4,5)8-9-26-14(2)3/h10-11,13-14,18,26H,6-9,12H2,1-5H3,(H,27,31)(H,28,30,32). The van der Waals surface area contributed by atoms with E-state index in [1.807, 2.05) is 6.92 Å². The van der Waals surface area contributed by atoms with Crippen molar-refractivity contribution in [2.45, 2.75) is 77.8 Å². The van der Waals surface area contributed by atoms with Crippen LogP contribution in [0.3, 0.4) is 0 Å². The van der Waals surface area contributed by atoms with E-state index in [1.165, 1.54) is 11.3 Å². The molecular weight excluding hydrogens is 448 g/mol. The number of nitrogens with zero attached hydrogens (tertiary/aromatic N) is 2. The second-order valence-corrected chi connectivity index (χ2v) is 9.99. The van der Waals surface area contributed by atoms with E-state index in [2.05, 4.69) is 53.8 Å². The van der Waals surface area contributed by atoms with E-state index in [9.17, 15) is 18.4 Å². The van der Waals surface area contributed by atoms with Crippen molar-refractivity contribution in [3.63, 3.8) is 0 Å². The summed E-state index contributed by atoms with van der Waals surface area (Å²) in [5.74, 6) is -2.41. The molecule has 0 aliphatic carbocycles. The Morgan fingerprint density at radius 3 is 2.39 bits per heavy atom. The Kier molecular flexibility index (Phi) is 9.85. The fourth-order valence-electron chi connectivity index (χ4n) is 3.22. The number of aromatic nitrogens is 2. The molecule has 0 spiro atoms. The van der Waals surface area contributed by atoms with Crippen LogP contribution in [0.4, 0.5) is 13.9 Å². The second-order valence-electron chi connectivity index (χ2n) is 9.01. The highest BCUT2D eigenvalue weighted by Crippen LogP contribution is 2.31. The van der Waals surface area contributed by atoms with Crippen LogP contribution in [0.2, 0.25) is 0 Å². The summed E-state index contributed by atoms with van der Waals surface area (Å²) in [5, 5.41) is 18.3. The van der Waals surface area contributed by atoms with Gasteiger partial charge in [-0.05, 0) is 37.1 Å². The van der Waals surface area contributed by atoms with Gasteiger partial charge in [-0.3, -0.25) is 14.9 Å². The lowest BCUT2D eigenvalue weighted by Crippen LogP contribution is -2.44. The molecule has 2 amide bonds. The molecule has 33 heavy (non-hydrogen) atoms. The van der Waals surface area contributed by atoms with Crippen LogP contribution >= 0.6 is 11.3 Å². The third kappa shape index (κ3) is 8.77. The number of nitrogens with one attached hydrogen (secondary N) is 3. The van der Waals surface area contributed by atoms with Gasteiger partial charge in [0.15, 0.2) is 0 Å². The van der Waals surface area contributed by atoms with Crippen LogP contribution in [-0.4, -0.2) is 40.6 Å². The highest BCUT2D eigenvalue weighted by atomic mass is 32.1. The molecule has 2 rings (SSSR count). The molecule has 1 aromatic heterocycles. The normalized spacial score (nSPS) is 12.6. The zero-order valence-corrected chi connectivity index (χ0v) is 20.6. The number of hydrogen-bond donors (Lipinski definition) is 3. The lowest BCUT2D eigenvalue weighted by atomic mass is 9.90. The average molecular weight is 482 g/mol. The number of anilines is 1. The molecule has 7 nitrogen and oxygen atoms in total. The van der Waals surface area contributed by atoms with Crippen LogP contribution in [0.1, 0.15) is 64.5 Å². The minimum absolute atomic E-state index is 0.198. The first-order chi connectivity index (χ1) is 15.5. The zero-order valence-electron chi connectivity index (χ0n) is 19.8. The number of amides is 2. The summed E-state index contributed by atoms with van der Waals surface area (Å²) in [7, 11) is 0. The minimum Gasteiger partial charge on any atom is -0.344 e. The maximum Gasteiger partial charge on any atom is 0.248 e. The van der Waals surface area contributed by atoms with Crippen molar-refractivity contribution in [1.82, 2.24) is 20.8 Å². The molecule has 10 heteroatoms. The summed E-state index contributed by atoms with van der Waals surface area (Å²) in [6, 6.07) is 2.54. The van der Waals surface area contributed by atoms with E-state index in [-0.39, 0.29) is 17.4 Å². The Morgan fingerprint density at radius 1 is 1.12 bits per heavy atom. The van der Waals surface area contributed by atoms with E-state index < -0.39 is 29.5 Å². The number of carbonyl (C=O) groups is 2. The van der Waals surface area contributed by atoms with Crippen molar-refractivity contribution < 1.29 is 18.4 Å². The molecule has 1 atom stereocenters. The summed E-state index contributed by atoms with van der Waals surface area (Å²) in [6.07, 6.45) is 1.70. The van der Waals surface area contributed by atoms with Gasteiger partial charge in [-0.2, -0.15) is 0 Å². The van der Waals surface area contributed by atoms with E-state index in [1.54, 1.807) is 0 Å². The third-order valence-electron chi connectivity index (χ3n) is 5.05. The highest BCUT2D eigenvalue weighted by molar-refractivity contribution is 7.15. The van der Waals surface area contributed by atoms with Gasteiger partial charge in [-0.1, -0.05) is 52.4 Å². The summed E-state index contributed by atoms with van der Waals surface area (Å²) in [5.41, 5.74) is -0.0107. The third-order valence-corrected chi connectivity index (χ3v) is 6.26. The second kappa shape index (κ2) is 12.1. The lowest BCUT2D eigenvalue weighted by Gasteiger charge is -2.22. The Hall–Kier alpha value is -2.46. The Balaban J connectivity index is 1.98. The molecule has 0 saturated heterocycles. The average Bonchev–Trinajstić information content (AvgIpc) is 3.15. The van der Waals surface area contributed by atoms with Crippen molar-refractivity contribution >= 4 is 28.3 Å². The van der Waals surface area contributed by atoms with E-state index in [0.29, 0.717) is 24.0 Å². The molecule has 1 unspecified atom stereocenters. The smallest absolute Gasteiger partial charge is 0.248 e. The summed E-state index contributed by atoms with van der Waals surface area (Å²) in [4.78, 5) is 25.2. The number of hydrogen-bond acceptors (Lipinski definition) is 6. The minimum atomic E-state index is -0.795. The molecule has 1 heterocycles. The van der Waals surface area contributed by atoms with Gasteiger partial charge in [0.1, 0.15) is 22.7 Å². The highest BCUT2D eigenvalue weighted by Gasteiger charge is 2.27. The van der Waals surface area contributed by atoms with Gasteiger partial charge in [0.25, 0.3) is 0 Å². The van der Waals surface area contributed by atoms with Crippen LogP contribution in [0.25, 0.3) is 0 Å². The molecule has 182 valence electrons. The molecule has 0 fully saturated rings. The summed E-state index contributed by atoms with van der Waals surface area (Å²) in [6.45, 7) is 11.1. The van der Waals surface area contributed by atoms with Crippen LogP contribution in [0.15, 0.2) is 18.2 Å². The number of rotatable bonds is 12. The van der Waals surface area contributed by atoms with Gasteiger partial charge in [-0.15, -0.1) is 10.2 Å². The topological polar surface area (TPSA) is 96.0 Å². The summed E-state index contributed by atoms with van der Waals surface area (Å²) < 4.78 is 26.7. The molecule has 0 aliphatic rings. The molecule has 3 N–H and O–H groups in total. The zero-order chi connectivity index (χ0) is 24.6. The van der Waals surface area contributed by atoms with Crippen LogP contribution in [0.5, 0.6) is 0 Å². The molecule has 0 aliphatic heterocycles. The Bertz CT molecular complexity index is 928. The van der Waals surface area contributed by atoms with E-state index in [0.717, 1.165) is 36.2 Å². The number of carbonyl (C=O) groups excluding carboxylic acids is 2. The van der Waals surface area contributed by atoms with Crippen molar-refractivity contribution in [2.75, 3.05) is 11.9 Å². The molecule has 0 radical (unpaired) electrons. The first kappa shape index (κ1) is 26.8. The monoisotopic (exact) mass is 481 g/mol. The van der Waals surface area contributed by atoms with E-state index in [4.69, 9.17) is 0 Å². The molecular formula is C23H33F2N5O2S. The Morgan fingerprint density at radius 2 is 1.79 bits per heavy atom.